The molecule has 5 nitrogen and oxygen atoms in total. The van der Waals surface area contributed by atoms with Crippen molar-refractivity contribution in [2.45, 2.75) is 12.8 Å². The fourth-order valence-corrected chi connectivity index (χ4v) is 2.83. The van der Waals surface area contributed by atoms with E-state index in [9.17, 15) is 4.79 Å². The lowest BCUT2D eigenvalue weighted by Gasteiger charge is -2.17. The minimum Gasteiger partial charge on any atom is -0.497 e. The van der Waals surface area contributed by atoms with Crippen molar-refractivity contribution in [1.82, 2.24) is 0 Å². The average Bonchev–Trinajstić information content (AvgIpc) is 3.16. The molecule has 2 aromatic rings. The fraction of sp³-hybridized carbons (Fsp3) is 0.316. The standard InChI is InChI=1S/C19H23N3O2/c1-24-18-10-6-15(7-11-18)20-14-19(23)21-16-4-8-17(9-5-16)22-12-2-3-13-22/h4-11,20H,2-3,12-14H2,1H3,(H,21,23). The van der Waals surface area contributed by atoms with Crippen LogP contribution < -0.4 is 20.3 Å². The zero-order valence-corrected chi connectivity index (χ0v) is 13.9. The number of amides is 1. The van der Waals surface area contributed by atoms with E-state index in [1.807, 2.05) is 36.4 Å². The van der Waals surface area contributed by atoms with Crippen molar-refractivity contribution in [3.05, 3.63) is 48.5 Å². The van der Waals surface area contributed by atoms with Crippen LogP contribution in [-0.4, -0.2) is 32.7 Å². The zero-order chi connectivity index (χ0) is 16.8. The molecule has 1 amide bonds. The molecule has 0 unspecified atom stereocenters. The van der Waals surface area contributed by atoms with E-state index in [1.165, 1.54) is 18.5 Å². The number of rotatable bonds is 6. The van der Waals surface area contributed by atoms with Gasteiger partial charge in [0.15, 0.2) is 0 Å². The van der Waals surface area contributed by atoms with Crippen LogP contribution in [0.3, 0.4) is 0 Å². The number of carbonyl (C=O) groups excluding carboxylic acids is 1. The Hall–Kier alpha value is -2.69. The van der Waals surface area contributed by atoms with Crippen molar-refractivity contribution in [3.8, 4) is 5.75 Å². The maximum absolute atomic E-state index is 12.0. The van der Waals surface area contributed by atoms with Gasteiger partial charge in [-0.1, -0.05) is 0 Å². The Labute approximate surface area is 142 Å². The van der Waals surface area contributed by atoms with E-state index in [4.69, 9.17) is 4.74 Å². The van der Waals surface area contributed by atoms with Gasteiger partial charge in [-0.3, -0.25) is 4.79 Å². The van der Waals surface area contributed by atoms with Crippen LogP contribution in [0.15, 0.2) is 48.5 Å². The normalized spacial score (nSPS) is 13.6. The molecule has 3 rings (SSSR count). The summed E-state index contributed by atoms with van der Waals surface area (Å²) in [7, 11) is 1.63. The summed E-state index contributed by atoms with van der Waals surface area (Å²) in [5.74, 6) is 0.725. The highest BCUT2D eigenvalue weighted by Gasteiger charge is 2.12. The number of anilines is 3. The van der Waals surface area contributed by atoms with Crippen molar-refractivity contribution in [3.63, 3.8) is 0 Å². The number of carbonyl (C=O) groups is 1. The van der Waals surface area contributed by atoms with Gasteiger partial charge in [0.05, 0.1) is 13.7 Å². The molecule has 0 saturated carbocycles. The first-order valence-electron chi connectivity index (χ1n) is 8.27. The Morgan fingerprint density at radius 1 is 1.00 bits per heavy atom. The molecule has 1 heterocycles. The van der Waals surface area contributed by atoms with Gasteiger partial charge in [0.2, 0.25) is 5.91 Å². The number of benzene rings is 2. The molecule has 2 N–H and O–H groups in total. The van der Waals surface area contributed by atoms with Crippen molar-refractivity contribution in [1.29, 1.82) is 0 Å². The van der Waals surface area contributed by atoms with Gasteiger partial charge in [-0.05, 0) is 61.4 Å². The monoisotopic (exact) mass is 325 g/mol. The number of nitrogens with zero attached hydrogens (tertiary/aromatic N) is 1. The van der Waals surface area contributed by atoms with E-state index >= 15 is 0 Å². The zero-order valence-electron chi connectivity index (χ0n) is 13.9. The van der Waals surface area contributed by atoms with Gasteiger partial charge >= 0.3 is 0 Å². The summed E-state index contributed by atoms with van der Waals surface area (Å²) in [6.45, 7) is 2.47. The third kappa shape index (κ3) is 4.19. The summed E-state index contributed by atoms with van der Waals surface area (Å²) in [6.07, 6.45) is 2.52. The molecule has 1 saturated heterocycles. The smallest absolute Gasteiger partial charge is 0.243 e. The van der Waals surface area contributed by atoms with Crippen molar-refractivity contribution in [2.75, 3.05) is 42.3 Å². The lowest BCUT2D eigenvalue weighted by atomic mass is 10.2. The topological polar surface area (TPSA) is 53.6 Å². The van der Waals surface area contributed by atoms with Gasteiger partial charge < -0.3 is 20.3 Å². The van der Waals surface area contributed by atoms with Crippen LogP contribution in [0.4, 0.5) is 17.1 Å². The molecule has 126 valence electrons. The predicted molar refractivity (Wildman–Crippen MR) is 98.0 cm³/mol. The first-order valence-corrected chi connectivity index (χ1v) is 8.27. The first kappa shape index (κ1) is 16.2. The third-order valence-electron chi connectivity index (χ3n) is 4.17. The molecule has 24 heavy (non-hydrogen) atoms. The summed E-state index contributed by atoms with van der Waals surface area (Å²) in [6, 6.07) is 15.5. The number of hydrogen-bond donors (Lipinski definition) is 2. The largest absolute Gasteiger partial charge is 0.497 e. The molecule has 1 aliphatic rings. The molecule has 0 atom stereocenters. The average molecular weight is 325 g/mol. The fourth-order valence-electron chi connectivity index (χ4n) is 2.83. The highest BCUT2D eigenvalue weighted by molar-refractivity contribution is 5.93. The van der Waals surface area contributed by atoms with Gasteiger partial charge in [0.1, 0.15) is 5.75 Å². The Bertz CT molecular complexity index is 662. The summed E-state index contributed by atoms with van der Waals surface area (Å²) in [5.41, 5.74) is 2.93. The Morgan fingerprint density at radius 2 is 1.62 bits per heavy atom. The van der Waals surface area contributed by atoms with Gasteiger partial charge in [-0.15, -0.1) is 0 Å². The molecule has 1 fully saturated rings. The second kappa shape index (κ2) is 7.73. The van der Waals surface area contributed by atoms with Crippen LogP contribution in [0, 0.1) is 0 Å². The Morgan fingerprint density at radius 3 is 2.25 bits per heavy atom. The van der Waals surface area contributed by atoms with Crippen LogP contribution in [0.2, 0.25) is 0 Å². The van der Waals surface area contributed by atoms with Crippen molar-refractivity contribution < 1.29 is 9.53 Å². The van der Waals surface area contributed by atoms with Crippen LogP contribution >= 0.6 is 0 Å². The van der Waals surface area contributed by atoms with Gasteiger partial charge in [-0.2, -0.15) is 0 Å². The van der Waals surface area contributed by atoms with Gasteiger partial charge in [-0.25, -0.2) is 0 Å². The second-order valence-corrected chi connectivity index (χ2v) is 5.87. The summed E-state index contributed by atoms with van der Waals surface area (Å²) in [5, 5.41) is 6.00. The van der Waals surface area contributed by atoms with Gasteiger partial charge in [0, 0.05) is 30.2 Å². The van der Waals surface area contributed by atoms with E-state index in [1.54, 1.807) is 7.11 Å². The van der Waals surface area contributed by atoms with E-state index < -0.39 is 0 Å². The molecular weight excluding hydrogens is 302 g/mol. The maximum atomic E-state index is 12.0. The van der Waals surface area contributed by atoms with E-state index in [2.05, 4.69) is 27.7 Å². The molecule has 0 aromatic heterocycles. The highest BCUT2D eigenvalue weighted by atomic mass is 16.5. The number of hydrogen-bond acceptors (Lipinski definition) is 4. The number of ether oxygens (including phenoxy) is 1. The molecule has 5 heteroatoms. The summed E-state index contributed by atoms with van der Waals surface area (Å²) in [4.78, 5) is 14.4. The number of methoxy groups -OCH3 is 1. The van der Waals surface area contributed by atoms with Crippen LogP contribution in [-0.2, 0) is 4.79 Å². The molecule has 0 spiro atoms. The summed E-state index contributed by atoms with van der Waals surface area (Å²) >= 11 is 0. The van der Waals surface area contributed by atoms with Crippen LogP contribution in [0.25, 0.3) is 0 Å². The van der Waals surface area contributed by atoms with E-state index in [0.717, 1.165) is 30.2 Å². The van der Waals surface area contributed by atoms with Crippen LogP contribution in [0.1, 0.15) is 12.8 Å². The SMILES string of the molecule is COc1ccc(NCC(=O)Nc2ccc(N3CCCC3)cc2)cc1. The van der Waals surface area contributed by atoms with Crippen LogP contribution in [0.5, 0.6) is 5.75 Å². The highest BCUT2D eigenvalue weighted by Crippen LogP contribution is 2.22. The lowest BCUT2D eigenvalue weighted by molar-refractivity contribution is -0.114. The first-order chi connectivity index (χ1) is 11.7. The Kier molecular flexibility index (Phi) is 5.21. The molecule has 0 radical (unpaired) electrons. The molecule has 0 bridgehead atoms. The molecule has 0 aliphatic carbocycles. The summed E-state index contributed by atoms with van der Waals surface area (Å²) < 4.78 is 5.11. The molecule has 2 aromatic carbocycles. The van der Waals surface area contributed by atoms with Gasteiger partial charge in [0.25, 0.3) is 0 Å². The number of nitrogens with one attached hydrogen (secondary N) is 2. The Balaban J connectivity index is 1.48. The third-order valence-corrected chi connectivity index (χ3v) is 4.17. The molecular formula is C19H23N3O2. The van der Waals surface area contributed by atoms with Crippen molar-refractivity contribution in [2.24, 2.45) is 0 Å². The minimum absolute atomic E-state index is 0.0697. The van der Waals surface area contributed by atoms with E-state index in [-0.39, 0.29) is 12.5 Å². The minimum atomic E-state index is -0.0697. The maximum Gasteiger partial charge on any atom is 0.243 e. The predicted octanol–water partition coefficient (Wildman–Crippen LogP) is 3.35. The second-order valence-electron chi connectivity index (χ2n) is 5.87. The van der Waals surface area contributed by atoms with Crippen molar-refractivity contribution >= 4 is 23.0 Å². The quantitative estimate of drug-likeness (QED) is 0.855. The lowest BCUT2D eigenvalue weighted by Crippen LogP contribution is -2.22. The molecule has 1 aliphatic heterocycles. The van der Waals surface area contributed by atoms with E-state index in [0.29, 0.717) is 0 Å².